The summed E-state index contributed by atoms with van der Waals surface area (Å²) >= 11 is 0. The van der Waals surface area contributed by atoms with E-state index in [2.05, 4.69) is 43.1 Å². The maximum atomic E-state index is 14.5. The lowest BCUT2D eigenvalue weighted by Crippen LogP contribution is -2.62. The van der Waals surface area contributed by atoms with Crippen LogP contribution in [0, 0.1) is 17.8 Å². The molecule has 5 rings (SSSR count). The number of rotatable bonds is 16. The van der Waals surface area contributed by atoms with Gasteiger partial charge in [-0.2, -0.15) is 0 Å². The molecule has 1 aliphatic heterocycles. The summed E-state index contributed by atoms with van der Waals surface area (Å²) in [5.41, 5.74) is 0.0472. The van der Waals surface area contributed by atoms with Gasteiger partial charge in [0.2, 0.25) is 23.6 Å². The third-order valence-electron chi connectivity index (χ3n) is 10.7. The number of nitrogens with one attached hydrogen (secondary N) is 5. The van der Waals surface area contributed by atoms with Gasteiger partial charge in [0.05, 0.1) is 12.2 Å². The van der Waals surface area contributed by atoms with E-state index < -0.39 is 65.7 Å². The van der Waals surface area contributed by atoms with Gasteiger partial charge in [0.25, 0.3) is 11.8 Å². The summed E-state index contributed by atoms with van der Waals surface area (Å²) in [5, 5.41) is 24.9. The smallest absolute Gasteiger partial charge is 0.272 e. The summed E-state index contributed by atoms with van der Waals surface area (Å²) in [5.74, 6) is -3.54. The minimum Gasteiger partial charge on any atom is -0.381 e. The fourth-order valence-corrected chi connectivity index (χ4v) is 7.89. The van der Waals surface area contributed by atoms with Gasteiger partial charge >= 0.3 is 0 Å². The highest BCUT2D eigenvalue weighted by atomic mass is 16.3. The van der Waals surface area contributed by atoms with Crippen molar-refractivity contribution in [1.82, 2.24) is 41.5 Å². The Bertz CT molecular complexity index is 1430. The van der Waals surface area contributed by atoms with E-state index in [-0.39, 0.29) is 42.6 Å². The molecule has 15 nitrogen and oxygen atoms in total. The average Bonchev–Trinajstić information content (AvgIpc) is 3.71. The fourth-order valence-electron chi connectivity index (χ4n) is 7.89. The molecule has 0 aromatic carbocycles. The van der Waals surface area contributed by atoms with Gasteiger partial charge in [-0.15, -0.1) is 0 Å². The van der Waals surface area contributed by atoms with Gasteiger partial charge in [0.15, 0.2) is 6.10 Å². The van der Waals surface area contributed by atoms with Crippen molar-refractivity contribution in [3.05, 3.63) is 36.9 Å². The van der Waals surface area contributed by atoms with E-state index in [0.29, 0.717) is 25.7 Å². The maximum Gasteiger partial charge on any atom is 0.272 e. The van der Waals surface area contributed by atoms with Crippen molar-refractivity contribution in [2.75, 3.05) is 13.1 Å². The molecule has 51 heavy (non-hydrogen) atoms. The van der Waals surface area contributed by atoms with Gasteiger partial charge < -0.3 is 36.6 Å². The van der Waals surface area contributed by atoms with E-state index >= 15 is 0 Å². The molecule has 3 saturated carbocycles. The van der Waals surface area contributed by atoms with Crippen LogP contribution in [-0.2, 0) is 24.0 Å². The number of nitrogens with zero attached hydrogens (tertiary/aromatic N) is 3. The van der Waals surface area contributed by atoms with Crippen molar-refractivity contribution < 1.29 is 33.9 Å². The predicted molar refractivity (Wildman–Crippen MR) is 185 cm³/mol. The van der Waals surface area contributed by atoms with Crippen molar-refractivity contribution in [2.24, 2.45) is 17.8 Å². The minimum absolute atomic E-state index is 0.0408. The Kier molecular flexibility index (Phi) is 13.1. The van der Waals surface area contributed by atoms with E-state index in [1.165, 1.54) is 23.5 Å². The quantitative estimate of drug-likeness (QED) is 0.132. The Morgan fingerprint density at radius 2 is 1.73 bits per heavy atom. The van der Waals surface area contributed by atoms with Crippen LogP contribution in [0.2, 0.25) is 0 Å². The highest BCUT2D eigenvalue weighted by Gasteiger charge is 2.51. The first kappa shape index (κ1) is 37.8. The maximum absolute atomic E-state index is 14.5. The number of fused-ring (bicyclic) bond motifs is 1. The van der Waals surface area contributed by atoms with Crippen LogP contribution in [0.1, 0.15) is 94.5 Å². The van der Waals surface area contributed by atoms with Gasteiger partial charge in [-0.3, -0.25) is 33.8 Å². The van der Waals surface area contributed by atoms with Crippen molar-refractivity contribution in [3.8, 4) is 0 Å². The van der Waals surface area contributed by atoms with E-state index in [1.54, 1.807) is 0 Å². The normalized spacial score (nSPS) is 23.9. The summed E-state index contributed by atoms with van der Waals surface area (Å²) in [6.45, 7) is 5.38. The molecule has 0 radical (unpaired) electrons. The Hall–Kier alpha value is -4.40. The van der Waals surface area contributed by atoms with Crippen LogP contribution in [0.25, 0.3) is 0 Å². The Balaban J connectivity index is 1.36. The second-order valence-corrected chi connectivity index (χ2v) is 14.4. The summed E-state index contributed by atoms with van der Waals surface area (Å²) < 4.78 is 0. The lowest BCUT2D eigenvalue weighted by Gasteiger charge is -2.34. The number of hydrogen-bond acceptors (Lipinski definition) is 9. The van der Waals surface area contributed by atoms with Crippen LogP contribution in [0.3, 0.4) is 0 Å². The molecule has 278 valence electrons. The Morgan fingerprint density at radius 1 is 0.961 bits per heavy atom. The first-order valence-electron chi connectivity index (χ1n) is 18.5. The molecule has 1 aromatic rings. The number of carbonyl (C=O) groups is 6. The molecule has 1 aromatic heterocycles. The van der Waals surface area contributed by atoms with E-state index in [1.807, 2.05) is 6.92 Å². The lowest BCUT2D eigenvalue weighted by molar-refractivity contribution is -0.143. The molecule has 0 bridgehead atoms. The lowest BCUT2D eigenvalue weighted by atomic mass is 9.83. The fraction of sp³-hybridized carbons (Fsp3) is 0.667. The molecule has 1 unspecified atom stereocenters. The molecule has 2 heterocycles. The predicted octanol–water partition coefficient (Wildman–Crippen LogP) is 0.494. The average molecular weight is 709 g/mol. The zero-order valence-electron chi connectivity index (χ0n) is 29.4. The first-order valence-corrected chi connectivity index (χ1v) is 18.5. The number of aliphatic hydroxyl groups excluding tert-OH is 1. The summed E-state index contributed by atoms with van der Waals surface area (Å²) in [6.07, 6.45) is 13.0. The van der Waals surface area contributed by atoms with E-state index in [0.717, 1.165) is 57.4 Å². The monoisotopic (exact) mass is 708 g/mol. The zero-order valence-corrected chi connectivity index (χ0v) is 29.4. The van der Waals surface area contributed by atoms with Crippen molar-refractivity contribution in [1.29, 1.82) is 0 Å². The topological polar surface area (TPSA) is 212 Å². The molecule has 6 N–H and O–H groups in total. The van der Waals surface area contributed by atoms with Gasteiger partial charge in [0.1, 0.15) is 23.8 Å². The largest absolute Gasteiger partial charge is 0.381 e. The Morgan fingerprint density at radius 3 is 2.39 bits per heavy atom. The number of likely N-dealkylation sites (tertiary alicyclic amines) is 1. The SMILES string of the molecule is C=CC(=O)NC[C@H](NC(=O)[C@@H](NC(=O)c1cnccn1)C1CCCCC1)C(=O)N1C[C@@H]2CCC[C@@H]2[C@H]1C(=O)N[C@@H](CCC)C(O)C(=O)NC1CC1. The molecule has 4 fully saturated rings. The molecule has 6 amide bonds. The number of amides is 6. The molecular formula is C36H52N8O7. The number of hydrogen-bond donors (Lipinski definition) is 6. The van der Waals surface area contributed by atoms with E-state index in [4.69, 9.17) is 0 Å². The zero-order chi connectivity index (χ0) is 36.5. The van der Waals surface area contributed by atoms with Crippen molar-refractivity contribution in [3.63, 3.8) is 0 Å². The molecule has 15 heteroatoms. The standard InChI is InChI=1S/C36H52N8O7/c1-3-9-25(31(46)35(50)40-23-14-15-23)41-34(49)30-24-13-8-12-22(24)20-44(30)36(51)27(19-39-28(45)4-2)42-33(48)29(21-10-6-5-7-11-21)43-32(47)26-18-37-16-17-38-26/h4,16-18,21-25,27,29-31,46H,2-3,5-15,19-20H2,1H3,(H,39,45)(H,40,50)(H,41,49)(H,42,48)(H,43,47)/t22-,24-,25-,27-,29-,30-,31?/m0/s1. The van der Waals surface area contributed by atoms with Crippen LogP contribution in [-0.4, -0.2) is 105 Å². The molecular weight excluding hydrogens is 656 g/mol. The van der Waals surface area contributed by atoms with Crippen molar-refractivity contribution >= 4 is 35.4 Å². The number of aromatic nitrogens is 2. The number of carbonyl (C=O) groups excluding carboxylic acids is 6. The molecule has 3 aliphatic carbocycles. The van der Waals surface area contributed by atoms with Gasteiger partial charge in [0, 0.05) is 31.5 Å². The summed E-state index contributed by atoms with van der Waals surface area (Å²) in [6, 6.07) is -3.96. The molecule has 1 saturated heterocycles. The van der Waals surface area contributed by atoms with Crippen LogP contribution < -0.4 is 26.6 Å². The van der Waals surface area contributed by atoms with Crippen LogP contribution in [0.15, 0.2) is 31.2 Å². The van der Waals surface area contributed by atoms with Gasteiger partial charge in [-0.1, -0.05) is 45.6 Å². The minimum atomic E-state index is -1.45. The van der Waals surface area contributed by atoms with Crippen molar-refractivity contribution in [2.45, 2.75) is 120 Å². The molecule has 4 aliphatic rings. The van der Waals surface area contributed by atoms with Crippen LogP contribution in [0.4, 0.5) is 0 Å². The molecule has 0 spiro atoms. The van der Waals surface area contributed by atoms with Gasteiger partial charge in [-0.05, 0) is 68.8 Å². The molecule has 7 atom stereocenters. The second-order valence-electron chi connectivity index (χ2n) is 14.4. The summed E-state index contributed by atoms with van der Waals surface area (Å²) in [7, 11) is 0. The second kappa shape index (κ2) is 17.7. The van der Waals surface area contributed by atoms with Crippen LogP contribution >= 0.6 is 0 Å². The Labute approximate surface area is 298 Å². The highest BCUT2D eigenvalue weighted by molar-refractivity contribution is 5.98. The summed E-state index contributed by atoms with van der Waals surface area (Å²) in [4.78, 5) is 90.3. The third kappa shape index (κ3) is 9.69. The van der Waals surface area contributed by atoms with E-state index in [9.17, 15) is 33.9 Å². The van der Waals surface area contributed by atoms with Crippen LogP contribution in [0.5, 0.6) is 0 Å². The first-order chi connectivity index (χ1) is 24.6. The number of aliphatic hydroxyl groups is 1. The third-order valence-corrected chi connectivity index (χ3v) is 10.7. The highest BCUT2D eigenvalue weighted by Crippen LogP contribution is 2.42. The van der Waals surface area contributed by atoms with Gasteiger partial charge in [-0.25, -0.2) is 4.98 Å².